The van der Waals surface area contributed by atoms with E-state index in [4.69, 9.17) is 27.2 Å². The standard InChI is InChI=1S/C14H15ClN2O3S2/c15-4-1-5-20-9-2-3-10(16)12(6-9)21-8-13-17-11(7-22-13)14(18)19/h1-4,6,11H,5,7-8,16H2,(H,18,19)/b4-1+/t11-/m1/s1. The van der Waals surface area contributed by atoms with Gasteiger partial charge in [0, 0.05) is 27.6 Å². The van der Waals surface area contributed by atoms with Crippen molar-refractivity contribution < 1.29 is 14.6 Å². The zero-order valence-electron chi connectivity index (χ0n) is 11.6. The molecule has 0 saturated carbocycles. The van der Waals surface area contributed by atoms with Crippen LogP contribution in [0.4, 0.5) is 5.69 Å². The number of hydrogen-bond donors (Lipinski definition) is 2. The summed E-state index contributed by atoms with van der Waals surface area (Å²) in [5.41, 5.74) is 8.01. The molecule has 8 heteroatoms. The molecule has 3 N–H and O–H groups in total. The molecule has 5 nitrogen and oxygen atoms in total. The highest BCUT2D eigenvalue weighted by molar-refractivity contribution is 8.16. The molecule has 2 rings (SSSR count). The summed E-state index contributed by atoms with van der Waals surface area (Å²) in [4.78, 5) is 15.9. The fraction of sp³-hybridized carbons (Fsp3) is 0.286. The van der Waals surface area contributed by atoms with E-state index in [2.05, 4.69) is 4.99 Å². The number of anilines is 1. The van der Waals surface area contributed by atoms with Crippen molar-refractivity contribution in [1.82, 2.24) is 0 Å². The SMILES string of the molecule is Nc1ccc(OC/C=C/Cl)cc1SCC1=N[C@@H](C(=O)O)CS1. The fourth-order valence-corrected chi connectivity index (χ4v) is 3.82. The highest BCUT2D eigenvalue weighted by Gasteiger charge is 2.24. The molecule has 0 radical (unpaired) electrons. The molecule has 1 aliphatic rings. The van der Waals surface area contributed by atoms with Crippen molar-refractivity contribution in [2.45, 2.75) is 10.9 Å². The molecule has 1 heterocycles. The number of halogens is 1. The predicted molar refractivity (Wildman–Crippen MR) is 93.4 cm³/mol. The summed E-state index contributed by atoms with van der Waals surface area (Å²) in [7, 11) is 0. The number of aliphatic carboxylic acids is 1. The Morgan fingerprint density at radius 3 is 3.14 bits per heavy atom. The van der Waals surface area contributed by atoms with Gasteiger partial charge < -0.3 is 15.6 Å². The summed E-state index contributed by atoms with van der Waals surface area (Å²) in [5.74, 6) is 0.920. The van der Waals surface area contributed by atoms with Crippen LogP contribution in [0.15, 0.2) is 39.7 Å². The molecule has 0 saturated heterocycles. The van der Waals surface area contributed by atoms with Crippen molar-refractivity contribution in [3.8, 4) is 5.75 Å². The summed E-state index contributed by atoms with van der Waals surface area (Å²) >= 11 is 8.43. The van der Waals surface area contributed by atoms with Crippen LogP contribution in [0.5, 0.6) is 5.75 Å². The maximum atomic E-state index is 10.9. The van der Waals surface area contributed by atoms with Gasteiger partial charge >= 0.3 is 5.97 Å². The lowest BCUT2D eigenvalue weighted by Gasteiger charge is -2.09. The van der Waals surface area contributed by atoms with Gasteiger partial charge in [-0.2, -0.15) is 0 Å². The van der Waals surface area contributed by atoms with Crippen molar-refractivity contribution in [3.05, 3.63) is 29.8 Å². The highest BCUT2D eigenvalue weighted by Crippen LogP contribution is 2.31. The Morgan fingerprint density at radius 1 is 1.64 bits per heavy atom. The first kappa shape index (κ1) is 17.1. The largest absolute Gasteiger partial charge is 0.489 e. The third-order valence-electron chi connectivity index (χ3n) is 2.76. The molecule has 1 atom stereocenters. The minimum atomic E-state index is -0.880. The molecule has 0 fully saturated rings. The maximum Gasteiger partial charge on any atom is 0.329 e. The second kappa shape index (κ2) is 8.36. The van der Waals surface area contributed by atoms with Crippen molar-refractivity contribution >= 4 is 51.8 Å². The van der Waals surface area contributed by atoms with Crippen molar-refractivity contribution in [3.63, 3.8) is 0 Å². The summed E-state index contributed by atoms with van der Waals surface area (Å²) in [6, 6.07) is 4.81. The number of nitrogens with zero attached hydrogens (tertiary/aromatic N) is 1. The first-order valence-electron chi connectivity index (χ1n) is 6.42. The topological polar surface area (TPSA) is 84.9 Å². The Kier molecular flexibility index (Phi) is 6.48. The van der Waals surface area contributed by atoms with Crippen LogP contribution in [0.3, 0.4) is 0 Å². The minimum absolute atomic E-state index is 0.389. The number of benzene rings is 1. The number of carboxylic acid groups (broad SMARTS) is 1. The van der Waals surface area contributed by atoms with Gasteiger partial charge in [0.2, 0.25) is 0 Å². The van der Waals surface area contributed by atoms with Gasteiger partial charge in [0.25, 0.3) is 0 Å². The number of rotatable bonds is 7. The summed E-state index contributed by atoms with van der Waals surface area (Å²) < 4.78 is 5.51. The van der Waals surface area contributed by atoms with Crippen LogP contribution < -0.4 is 10.5 Å². The highest BCUT2D eigenvalue weighted by atomic mass is 35.5. The van der Waals surface area contributed by atoms with Crippen molar-refractivity contribution in [2.24, 2.45) is 4.99 Å². The molecule has 1 aliphatic heterocycles. The van der Waals surface area contributed by atoms with Crippen LogP contribution in [0.25, 0.3) is 0 Å². The number of ether oxygens (including phenoxy) is 1. The third-order valence-corrected chi connectivity index (χ3v) is 5.27. The molecule has 1 aromatic rings. The predicted octanol–water partition coefficient (Wildman–Crippen LogP) is 3.09. The molecule has 0 amide bonds. The average Bonchev–Trinajstić information content (AvgIpc) is 2.97. The Hall–Kier alpha value is -1.31. The van der Waals surface area contributed by atoms with Crippen molar-refractivity contribution in [1.29, 1.82) is 0 Å². The number of aliphatic imine (C=N–C) groups is 1. The second-order valence-electron chi connectivity index (χ2n) is 4.35. The smallest absolute Gasteiger partial charge is 0.329 e. The summed E-state index contributed by atoms with van der Waals surface area (Å²) in [6.45, 7) is 0.389. The number of thioether (sulfide) groups is 2. The van der Waals surface area contributed by atoms with Crippen molar-refractivity contribution in [2.75, 3.05) is 23.8 Å². The summed E-state index contributed by atoms with van der Waals surface area (Å²) in [6.07, 6.45) is 1.70. The molecule has 0 bridgehead atoms. The van der Waals surface area contributed by atoms with Gasteiger partial charge in [0.05, 0.1) is 5.04 Å². The molecule has 118 valence electrons. The van der Waals surface area contributed by atoms with Crippen LogP contribution >= 0.6 is 35.1 Å². The van der Waals surface area contributed by atoms with Gasteiger partial charge in [0.15, 0.2) is 6.04 Å². The zero-order chi connectivity index (χ0) is 15.9. The van der Waals surface area contributed by atoms with E-state index in [1.807, 2.05) is 6.07 Å². The summed E-state index contributed by atoms with van der Waals surface area (Å²) in [5, 5.41) is 9.75. The van der Waals surface area contributed by atoms with E-state index in [1.54, 1.807) is 18.2 Å². The molecule has 0 unspecified atom stereocenters. The molecular weight excluding hydrogens is 344 g/mol. The van der Waals surface area contributed by atoms with Gasteiger partial charge in [-0.3, -0.25) is 4.99 Å². The van der Waals surface area contributed by atoms with Gasteiger partial charge in [0.1, 0.15) is 12.4 Å². The molecule has 22 heavy (non-hydrogen) atoms. The van der Waals surface area contributed by atoms with E-state index in [1.165, 1.54) is 29.1 Å². The lowest BCUT2D eigenvalue weighted by molar-refractivity contribution is -0.137. The van der Waals surface area contributed by atoms with Gasteiger partial charge in [-0.1, -0.05) is 11.6 Å². The Bertz CT molecular complexity index is 608. The fourth-order valence-electron chi connectivity index (χ4n) is 1.68. The number of carbonyl (C=O) groups is 1. The Balaban J connectivity index is 1.96. The van der Waals surface area contributed by atoms with Gasteiger partial charge in [-0.05, 0) is 24.3 Å². The Labute approximate surface area is 142 Å². The van der Waals surface area contributed by atoms with E-state index >= 15 is 0 Å². The van der Waals surface area contributed by atoms with E-state index < -0.39 is 12.0 Å². The molecule has 0 aromatic heterocycles. The zero-order valence-corrected chi connectivity index (χ0v) is 14.0. The van der Waals surface area contributed by atoms with Gasteiger partial charge in [-0.25, -0.2) is 4.79 Å². The molecular formula is C14H15ClN2O3S2. The van der Waals surface area contributed by atoms with E-state index in [0.717, 1.165) is 9.94 Å². The second-order valence-corrected chi connectivity index (χ2v) is 6.71. The van der Waals surface area contributed by atoms with Crippen LogP contribution in [0, 0.1) is 0 Å². The number of nitrogen functional groups attached to an aromatic ring is 1. The number of hydrogen-bond acceptors (Lipinski definition) is 6. The quantitative estimate of drug-likeness (QED) is 0.575. The maximum absolute atomic E-state index is 10.9. The lowest BCUT2D eigenvalue weighted by atomic mass is 10.3. The van der Waals surface area contributed by atoms with E-state index in [9.17, 15) is 4.79 Å². The average molecular weight is 359 g/mol. The Morgan fingerprint density at radius 2 is 2.45 bits per heavy atom. The van der Waals surface area contributed by atoms with Gasteiger partial charge in [-0.15, -0.1) is 23.5 Å². The number of carboxylic acids is 1. The van der Waals surface area contributed by atoms with E-state index in [0.29, 0.717) is 29.5 Å². The van der Waals surface area contributed by atoms with Crippen LogP contribution in [-0.2, 0) is 4.79 Å². The van der Waals surface area contributed by atoms with Crippen LogP contribution in [-0.4, -0.2) is 40.3 Å². The van der Waals surface area contributed by atoms with Crippen LogP contribution in [0.1, 0.15) is 0 Å². The van der Waals surface area contributed by atoms with E-state index in [-0.39, 0.29) is 0 Å². The molecule has 0 aliphatic carbocycles. The lowest BCUT2D eigenvalue weighted by Crippen LogP contribution is -2.17. The van der Waals surface area contributed by atoms with Crippen LogP contribution in [0.2, 0.25) is 0 Å². The normalized spacial score (nSPS) is 17.7. The first-order chi connectivity index (χ1) is 10.6. The minimum Gasteiger partial charge on any atom is -0.489 e. The third kappa shape index (κ3) is 4.86. The first-order valence-corrected chi connectivity index (χ1v) is 8.83. The number of nitrogens with two attached hydrogens (primary N) is 1. The molecule has 0 spiro atoms. The monoisotopic (exact) mass is 358 g/mol. The molecule has 1 aromatic carbocycles.